The molecule has 1 aliphatic heterocycles. The Kier molecular flexibility index (Phi) is 3.82. The minimum atomic E-state index is -0.979. The molecule has 6 heteroatoms. The maximum absolute atomic E-state index is 10.8. The minimum Gasteiger partial charge on any atom is -0.395 e. The predicted molar refractivity (Wildman–Crippen MR) is 48.5 cm³/mol. The van der Waals surface area contributed by atoms with Crippen molar-refractivity contribution in [1.82, 2.24) is 10.6 Å². The van der Waals surface area contributed by atoms with Crippen LogP contribution in [0.25, 0.3) is 0 Å². The molecule has 0 bridgehead atoms. The highest BCUT2D eigenvalue weighted by Gasteiger charge is 2.37. The third-order valence-electron chi connectivity index (χ3n) is 2.35. The van der Waals surface area contributed by atoms with Gasteiger partial charge in [0, 0.05) is 13.5 Å². The van der Waals surface area contributed by atoms with Crippen molar-refractivity contribution in [3.8, 4) is 0 Å². The Balaban J connectivity index is 2.63. The molecule has 0 aromatic carbocycles. The van der Waals surface area contributed by atoms with Crippen LogP contribution < -0.4 is 10.6 Å². The molecule has 1 aliphatic rings. The van der Waals surface area contributed by atoms with E-state index in [-0.39, 0.29) is 19.1 Å². The first-order valence-electron chi connectivity index (χ1n) is 4.53. The van der Waals surface area contributed by atoms with Gasteiger partial charge in [-0.05, 0) is 0 Å². The van der Waals surface area contributed by atoms with E-state index in [1.807, 2.05) is 0 Å². The lowest BCUT2D eigenvalue weighted by molar-refractivity contribution is -0.123. The first kappa shape index (κ1) is 11.4. The van der Waals surface area contributed by atoms with Crippen molar-refractivity contribution in [2.24, 2.45) is 0 Å². The summed E-state index contributed by atoms with van der Waals surface area (Å²) in [5, 5.41) is 33.2. The number of nitrogens with one attached hydrogen (secondary N) is 2. The minimum absolute atomic E-state index is 0.232. The van der Waals surface area contributed by atoms with Crippen LogP contribution in [0.3, 0.4) is 0 Å². The van der Waals surface area contributed by atoms with Crippen molar-refractivity contribution in [2.45, 2.75) is 31.2 Å². The van der Waals surface area contributed by atoms with Gasteiger partial charge < -0.3 is 26.0 Å². The molecular weight excluding hydrogens is 188 g/mol. The van der Waals surface area contributed by atoms with Crippen LogP contribution in [0.2, 0.25) is 0 Å². The van der Waals surface area contributed by atoms with E-state index in [1.54, 1.807) is 0 Å². The maximum atomic E-state index is 10.8. The summed E-state index contributed by atoms with van der Waals surface area (Å²) in [6.45, 7) is 1.33. The summed E-state index contributed by atoms with van der Waals surface area (Å²) in [6.07, 6.45) is -1.82. The van der Waals surface area contributed by atoms with Crippen molar-refractivity contribution in [1.29, 1.82) is 0 Å². The van der Waals surface area contributed by atoms with Gasteiger partial charge in [-0.1, -0.05) is 0 Å². The zero-order valence-corrected chi connectivity index (χ0v) is 7.97. The van der Waals surface area contributed by atoms with E-state index in [1.165, 1.54) is 6.92 Å². The van der Waals surface area contributed by atoms with Crippen LogP contribution in [0, 0.1) is 0 Å². The van der Waals surface area contributed by atoms with Gasteiger partial charge in [0.2, 0.25) is 5.91 Å². The fraction of sp³-hybridized carbons (Fsp3) is 0.875. The molecule has 0 aromatic heterocycles. The molecule has 1 heterocycles. The van der Waals surface area contributed by atoms with Crippen molar-refractivity contribution >= 4 is 5.91 Å². The lowest BCUT2D eigenvalue weighted by Gasteiger charge is -2.38. The van der Waals surface area contributed by atoms with Crippen molar-refractivity contribution in [3.63, 3.8) is 0 Å². The number of carbonyl (C=O) groups excluding carboxylic acids is 1. The smallest absolute Gasteiger partial charge is 0.217 e. The molecular formula is C8H16N2O4. The van der Waals surface area contributed by atoms with Crippen LogP contribution >= 0.6 is 0 Å². The highest BCUT2D eigenvalue weighted by atomic mass is 16.3. The topological polar surface area (TPSA) is 102 Å². The van der Waals surface area contributed by atoms with E-state index in [2.05, 4.69) is 10.6 Å². The van der Waals surface area contributed by atoms with Gasteiger partial charge in [0.1, 0.15) is 0 Å². The Hall–Kier alpha value is -0.690. The normalized spacial score (nSPS) is 38.0. The van der Waals surface area contributed by atoms with Crippen molar-refractivity contribution in [2.75, 3.05) is 13.2 Å². The van der Waals surface area contributed by atoms with Crippen molar-refractivity contribution in [3.05, 3.63) is 0 Å². The van der Waals surface area contributed by atoms with Crippen LogP contribution in [-0.4, -0.2) is 58.7 Å². The van der Waals surface area contributed by atoms with Gasteiger partial charge in [0.15, 0.2) is 0 Å². The molecule has 0 radical (unpaired) electrons. The number of hydrogen-bond donors (Lipinski definition) is 5. The monoisotopic (exact) mass is 204 g/mol. The molecule has 0 spiro atoms. The zero-order chi connectivity index (χ0) is 10.7. The second-order valence-electron chi connectivity index (χ2n) is 3.48. The van der Waals surface area contributed by atoms with Gasteiger partial charge in [-0.25, -0.2) is 0 Å². The fourth-order valence-corrected chi connectivity index (χ4v) is 1.59. The number of aliphatic hydroxyl groups is 3. The van der Waals surface area contributed by atoms with E-state index in [9.17, 15) is 15.0 Å². The summed E-state index contributed by atoms with van der Waals surface area (Å²) < 4.78 is 0. The van der Waals surface area contributed by atoms with Crippen molar-refractivity contribution < 1.29 is 20.1 Å². The number of hydrogen-bond acceptors (Lipinski definition) is 5. The van der Waals surface area contributed by atoms with Crippen LogP contribution in [0.4, 0.5) is 0 Å². The number of carbonyl (C=O) groups is 1. The molecule has 1 saturated heterocycles. The largest absolute Gasteiger partial charge is 0.395 e. The Bertz CT molecular complexity index is 212. The summed E-state index contributed by atoms with van der Waals surface area (Å²) >= 11 is 0. The van der Waals surface area contributed by atoms with E-state index >= 15 is 0 Å². The highest BCUT2D eigenvalue weighted by Crippen LogP contribution is 2.10. The molecule has 6 nitrogen and oxygen atoms in total. The average molecular weight is 204 g/mol. The first-order chi connectivity index (χ1) is 6.56. The quantitative estimate of drug-likeness (QED) is 0.334. The van der Waals surface area contributed by atoms with E-state index in [0.29, 0.717) is 0 Å². The number of rotatable bonds is 2. The summed E-state index contributed by atoms with van der Waals surface area (Å²) in [5.41, 5.74) is 0. The van der Waals surface area contributed by atoms with Gasteiger partial charge in [-0.15, -0.1) is 0 Å². The van der Waals surface area contributed by atoms with Gasteiger partial charge in [-0.3, -0.25) is 4.79 Å². The maximum Gasteiger partial charge on any atom is 0.217 e. The van der Waals surface area contributed by atoms with Crippen LogP contribution in [-0.2, 0) is 4.79 Å². The number of piperidine rings is 1. The molecule has 0 aliphatic carbocycles. The molecule has 82 valence electrons. The zero-order valence-electron chi connectivity index (χ0n) is 7.97. The highest BCUT2D eigenvalue weighted by molar-refractivity contribution is 5.73. The third-order valence-corrected chi connectivity index (χ3v) is 2.35. The van der Waals surface area contributed by atoms with E-state index < -0.39 is 24.3 Å². The predicted octanol–water partition coefficient (Wildman–Crippen LogP) is -2.82. The van der Waals surface area contributed by atoms with E-state index in [0.717, 1.165) is 0 Å². The Morgan fingerprint density at radius 2 is 2.21 bits per heavy atom. The number of β-amino-alcohol motifs (C(OH)–C–C–N with tert-alkyl or cyclic N) is 1. The van der Waals surface area contributed by atoms with Gasteiger partial charge >= 0.3 is 0 Å². The SMILES string of the molecule is CC(=O)N[C@H]1[C@H](O)[C@@H](CO)NC[C@@H]1O. The summed E-state index contributed by atoms with van der Waals surface area (Å²) in [7, 11) is 0. The number of aliphatic hydroxyl groups excluding tert-OH is 3. The molecule has 5 N–H and O–H groups in total. The summed E-state index contributed by atoms with van der Waals surface area (Å²) in [5.74, 6) is -0.313. The molecule has 0 aromatic rings. The van der Waals surface area contributed by atoms with Gasteiger partial charge in [0.05, 0.1) is 30.9 Å². The second kappa shape index (κ2) is 4.70. The second-order valence-corrected chi connectivity index (χ2v) is 3.48. The van der Waals surface area contributed by atoms with Gasteiger partial charge in [-0.2, -0.15) is 0 Å². The molecule has 14 heavy (non-hydrogen) atoms. The fourth-order valence-electron chi connectivity index (χ4n) is 1.59. The molecule has 0 unspecified atom stereocenters. The summed E-state index contributed by atoms with van der Waals surface area (Å²) in [6, 6.07) is -1.22. The lowest BCUT2D eigenvalue weighted by atomic mass is 9.94. The molecule has 4 atom stereocenters. The summed E-state index contributed by atoms with van der Waals surface area (Å²) in [4.78, 5) is 10.8. The Labute approximate surface area is 81.9 Å². The van der Waals surface area contributed by atoms with Crippen LogP contribution in [0.5, 0.6) is 0 Å². The van der Waals surface area contributed by atoms with Crippen LogP contribution in [0.1, 0.15) is 6.92 Å². The Morgan fingerprint density at radius 1 is 1.57 bits per heavy atom. The first-order valence-corrected chi connectivity index (χ1v) is 4.53. The average Bonchev–Trinajstić information content (AvgIpc) is 2.12. The number of amides is 1. The van der Waals surface area contributed by atoms with Crippen LogP contribution in [0.15, 0.2) is 0 Å². The third kappa shape index (κ3) is 2.42. The molecule has 1 rings (SSSR count). The Morgan fingerprint density at radius 3 is 2.71 bits per heavy atom. The molecule has 0 saturated carbocycles. The molecule has 1 fully saturated rings. The standard InChI is InChI=1S/C8H16N2O4/c1-4(12)10-7-6(13)2-9-5(3-11)8(7)14/h5-9,11,13-14H,2-3H2,1H3,(H,10,12)/t5-,6+,7-,8-/m1/s1. The van der Waals surface area contributed by atoms with E-state index in [4.69, 9.17) is 5.11 Å². The molecule has 1 amide bonds. The van der Waals surface area contributed by atoms with Gasteiger partial charge in [0.25, 0.3) is 0 Å². The lowest BCUT2D eigenvalue weighted by Crippen LogP contribution is -2.65.